The van der Waals surface area contributed by atoms with E-state index in [4.69, 9.17) is 4.42 Å². The maximum atomic E-state index is 13.8. The van der Waals surface area contributed by atoms with E-state index in [0.29, 0.717) is 11.1 Å². The van der Waals surface area contributed by atoms with Gasteiger partial charge in [-0.2, -0.15) is 0 Å². The molecule has 0 unspecified atom stereocenters. The van der Waals surface area contributed by atoms with Crippen molar-refractivity contribution in [1.82, 2.24) is 0 Å². The third-order valence-electron chi connectivity index (χ3n) is 3.20. The second kappa shape index (κ2) is 5.13. The van der Waals surface area contributed by atoms with E-state index in [1.165, 1.54) is 6.07 Å². The molecule has 3 aromatic rings. The van der Waals surface area contributed by atoms with E-state index in [1.54, 1.807) is 55.0 Å². The van der Waals surface area contributed by atoms with E-state index in [-0.39, 0.29) is 5.82 Å². The van der Waals surface area contributed by atoms with Crippen LogP contribution in [-0.4, -0.2) is 6.29 Å². The van der Waals surface area contributed by atoms with Crippen molar-refractivity contribution >= 4 is 6.29 Å². The molecule has 0 amide bonds. The molecule has 1 aromatic heterocycles. The third-order valence-corrected chi connectivity index (χ3v) is 3.20. The standard InChI is InChI=1S/C17H11FO2/c18-17-4-2-1-3-15(17)12-5-6-13(10-19)16(9-12)14-7-8-20-11-14/h1-11H. The van der Waals surface area contributed by atoms with Crippen molar-refractivity contribution in [3.05, 3.63) is 72.4 Å². The first kappa shape index (κ1) is 12.4. The Hall–Kier alpha value is -2.68. The van der Waals surface area contributed by atoms with Crippen molar-refractivity contribution in [2.75, 3.05) is 0 Å². The van der Waals surface area contributed by atoms with Gasteiger partial charge < -0.3 is 4.42 Å². The monoisotopic (exact) mass is 266 g/mol. The fourth-order valence-corrected chi connectivity index (χ4v) is 2.19. The molecule has 0 saturated carbocycles. The van der Waals surface area contributed by atoms with Crippen LogP contribution in [0.25, 0.3) is 22.3 Å². The lowest BCUT2D eigenvalue weighted by atomic mass is 9.96. The molecule has 1 heterocycles. The Morgan fingerprint density at radius 2 is 1.80 bits per heavy atom. The van der Waals surface area contributed by atoms with Crippen LogP contribution in [0.1, 0.15) is 10.4 Å². The zero-order valence-corrected chi connectivity index (χ0v) is 10.5. The number of halogens is 1. The number of hydrogen-bond acceptors (Lipinski definition) is 2. The molecule has 2 aromatic carbocycles. The Kier molecular flexibility index (Phi) is 3.17. The summed E-state index contributed by atoms with van der Waals surface area (Å²) in [5.41, 5.74) is 3.31. The van der Waals surface area contributed by atoms with Crippen molar-refractivity contribution in [3.8, 4) is 22.3 Å². The van der Waals surface area contributed by atoms with Gasteiger partial charge in [-0.05, 0) is 29.3 Å². The average molecular weight is 266 g/mol. The van der Waals surface area contributed by atoms with E-state index in [0.717, 1.165) is 23.0 Å². The van der Waals surface area contributed by atoms with Crippen molar-refractivity contribution in [1.29, 1.82) is 0 Å². The topological polar surface area (TPSA) is 30.2 Å². The minimum absolute atomic E-state index is 0.288. The molecule has 0 atom stereocenters. The molecule has 0 aliphatic carbocycles. The number of hydrogen-bond donors (Lipinski definition) is 0. The Balaban J connectivity index is 2.18. The van der Waals surface area contributed by atoms with Gasteiger partial charge in [-0.1, -0.05) is 30.3 Å². The Morgan fingerprint density at radius 3 is 2.50 bits per heavy atom. The fraction of sp³-hybridized carbons (Fsp3) is 0. The lowest BCUT2D eigenvalue weighted by Gasteiger charge is -2.08. The number of carbonyl (C=O) groups is 1. The van der Waals surface area contributed by atoms with Gasteiger partial charge in [0.1, 0.15) is 5.82 Å². The van der Waals surface area contributed by atoms with Gasteiger partial charge in [0.15, 0.2) is 6.29 Å². The smallest absolute Gasteiger partial charge is 0.150 e. The van der Waals surface area contributed by atoms with Crippen LogP contribution in [-0.2, 0) is 0 Å². The molecule has 3 rings (SSSR count). The van der Waals surface area contributed by atoms with E-state index in [9.17, 15) is 9.18 Å². The molecular weight excluding hydrogens is 255 g/mol. The number of benzene rings is 2. The molecule has 0 radical (unpaired) electrons. The predicted octanol–water partition coefficient (Wildman–Crippen LogP) is 4.57. The maximum Gasteiger partial charge on any atom is 0.150 e. The first-order valence-corrected chi connectivity index (χ1v) is 6.16. The minimum atomic E-state index is -0.288. The van der Waals surface area contributed by atoms with Crippen LogP contribution >= 0.6 is 0 Å². The van der Waals surface area contributed by atoms with Gasteiger partial charge in [0, 0.05) is 16.7 Å². The van der Waals surface area contributed by atoms with Crippen molar-refractivity contribution in [2.45, 2.75) is 0 Å². The highest BCUT2D eigenvalue weighted by Gasteiger charge is 2.10. The van der Waals surface area contributed by atoms with Gasteiger partial charge in [-0.15, -0.1) is 0 Å². The molecule has 0 saturated heterocycles. The summed E-state index contributed by atoms with van der Waals surface area (Å²) >= 11 is 0. The van der Waals surface area contributed by atoms with Crippen LogP contribution in [0.3, 0.4) is 0 Å². The molecule has 2 nitrogen and oxygen atoms in total. The SMILES string of the molecule is O=Cc1ccc(-c2ccccc2F)cc1-c1ccoc1. The maximum absolute atomic E-state index is 13.8. The van der Waals surface area contributed by atoms with Crippen molar-refractivity contribution in [2.24, 2.45) is 0 Å². The minimum Gasteiger partial charge on any atom is -0.472 e. The number of carbonyl (C=O) groups excluding carboxylic acids is 1. The van der Waals surface area contributed by atoms with E-state index < -0.39 is 0 Å². The van der Waals surface area contributed by atoms with Crippen LogP contribution in [0, 0.1) is 5.82 Å². The molecule has 0 bridgehead atoms. The van der Waals surface area contributed by atoms with Crippen LogP contribution < -0.4 is 0 Å². The van der Waals surface area contributed by atoms with Crippen LogP contribution in [0.4, 0.5) is 4.39 Å². The third kappa shape index (κ3) is 2.14. The quantitative estimate of drug-likeness (QED) is 0.650. The molecular formula is C17H11FO2. The summed E-state index contributed by atoms with van der Waals surface area (Å²) in [7, 11) is 0. The van der Waals surface area contributed by atoms with Gasteiger partial charge in [0.2, 0.25) is 0 Å². The molecule has 0 fully saturated rings. The normalized spacial score (nSPS) is 10.4. The van der Waals surface area contributed by atoms with Gasteiger partial charge in [-0.25, -0.2) is 4.39 Å². The Morgan fingerprint density at radius 1 is 0.950 bits per heavy atom. The van der Waals surface area contributed by atoms with Crippen LogP contribution in [0.15, 0.2) is 65.5 Å². The number of rotatable bonds is 3. The van der Waals surface area contributed by atoms with Gasteiger partial charge in [0.25, 0.3) is 0 Å². The predicted molar refractivity (Wildman–Crippen MR) is 74.9 cm³/mol. The van der Waals surface area contributed by atoms with E-state index in [1.807, 2.05) is 0 Å². The first-order chi connectivity index (χ1) is 9.79. The highest BCUT2D eigenvalue weighted by atomic mass is 19.1. The van der Waals surface area contributed by atoms with Gasteiger partial charge in [0.05, 0.1) is 12.5 Å². The first-order valence-electron chi connectivity index (χ1n) is 6.16. The van der Waals surface area contributed by atoms with Crippen molar-refractivity contribution < 1.29 is 13.6 Å². The zero-order chi connectivity index (χ0) is 13.9. The summed E-state index contributed by atoms with van der Waals surface area (Å²) in [5.74, 6) is -0.288. The molecule has 0 aliphatic heterocycles. The molecule has 3 heteroatoms. The van der Waals surface area contributed by atoms with Gasteiger partial charge in [-0.3, -0.25) is 4.79 Å². The largest absolute Gasteiger partial charge is 0.472 e. The molecule has 0 spiro atoms. The Bertz CT molecular complexity index is 745. The summed E-state index contributed by atoms with van der Waals surface area (Å²) in [4.78, 5) is 11.1. The summed E-state index contributed by atoms with van der Waals surface area (Å²) in [6.07, 6.45) is 3.89. The fourth-order valence-electron chi connectivity index (χ4n) is 2.19. The number of furan rings is 1. The zero-order valence-electron chi connectivity index (χ0n) is 10.5. The summed E-state index contributed by atoms with van der Waals surface area (Å²) in [6.45, 7) is 0. The summed E-state index contributed by atoms with van der Waals surface area (Å²) < 4.78 is 18.9. The van der Waals surface area contributed by atoms with Gasteiger partial charge >= 0.3 is 0 Å². The molecule has 98 valence electrons. The molecule has 20 heavy (non-hydrogen) atoms. The lowest BCUT2D eigenvalue weighted by Crippen LogP contribution is -1.90. The Labute approximate surface area is 115 Å². The van der Waals surface area contributed by atoms with E-state index in [2.05, 4.69) is 0 Å². The van der Waals surface area contributed by atoms with E-state index >= 15 is 0 Å². The van der Waals surface area contributed by atoms with Crippen molar-refractivity contribution in [3.63, 3.8) is 0 Å². The highest BCUT2D eigenvalue weighted by Crippen LogP contribution is 2.30. The second-order valence-electron chi connectivity index (χ2n) is 4.41. The summed E-state index contributed by atoms with van der Waals surface area (Å²) in [5, 5.41) is 0. The van der Waals surface area contributed by atoms with Crippen LogP contribution in [0.5, 0.6) is 0 Å². The summed E-state index contributed by atoms with van der Waals surface area (Å²) in [6, 6.07) is 13.6. The number of aldehydes is 1. The van der Waals surface area contributed by atoms with Crippen LogP contribution in [0.2, 0.25) is 0 Å². The molecule has 0 aliphatic rings. The lowest BCUT2D eigenvalue weighted by molar-refractivity contribution is 0.112. The second-order valence-corrected chi connectivity index (χ2v) is 4.41. The average Bonchev–Trinajstić information content (AvgIpc) is 3.01. The highest BCUT2D eigenvalue weighted by molar-refractivity contribution is 5.89. The molecule has 0 N–H and O–H groups in total.